The number of thioether (sulfide) groups is 1. The second-order valence-corrected chi connectivity index (χ2v) is 6.93. The highest BCUT2D eigenvalue weighted by atomic mass is 35.5. The van der Waals surface area contributed by atoms with Crippen molar-refractivity contribution in [1.29, 1.82) is 0 Å². The Labute approximate surface area is 165 Å². The lowest BCUT2D eigenvalue weighted by atomic mass is 10.2. The van der Waals surface area contributed by atoms with Crippen LogP contribution in [0.25, 0.3) is 0 Å². The number of hydrogen-bond donors (Lipinski definition) is 2. The van der Waals surface area contributed by atoms with Crippen molar-refractivity contribution in [2.75, 3.05) is 16.4 Å². The van der Waals surface area contributed by atoms with Gasteiger partial charge in [0.2, 0.25) is 5.91 Å². The van der Waals surface area contributed by atoms with E-state index in [4.69, 9.17) is 11.6 Å². The average molecular weight is 402 g/mol. The maximum Gasteiger partial charge on any atom is 0.255 e. The summed E-state index contributed by atoms with van der Waals surface area (Å²) < 4.78 is 1.73. The van der Waals surface area contributed by atoms with Crippen molar-refractivity contribution in [2.45, 2.75) is 5.16 Å². The molecule has 0 saturated carbocycles. The van der Waals surface area contributed by atoms with E-state index in [-0.39, 0.29) is 17.6 Å². The number of amides is 2. The summed E-state index contributed by atoms with van der Waals surface area (Å²) in [7, 11) is 1.81. The quantitative estimate of drug-likeness (QED) is 0.617. The highest BCUT2D eigenvalue weighted by molar-refractivity contribution is 7.99. The Balaban J connectivity index is 1.61. The SMILES string of the molecule is Cn1cnnc1SCC(=O)Nc1cccc(C(=O)Nc2ccccc2Cl)c1. The molecule has 7 nitrogen and oxygen atoms in total. The lowest BCUT2D eigenvalue weighted by Gasteiger charge is -2.09. The Morgan fingerprint density at radius 2 is 1.96 bits per heavy atom. The van der Waals surface area contributed by atoms with Gasteiger partial charge in [0.15, 0.2) is 5.16 Å². The minimum Gasteiger partial charge on any atom is -0.325 e. The molecule has 0 bridgehead atoms. The predicted octanol–water partition coefficient (Wildman–Crippen LogP) is 3.45. The third kappa shape index (κ3) is 5.08. The Bertz CT molecular complexity index is 976. The Hall–Kier alpha value is -2.84. The van der Waals surface area contributed by atoms with Crippen molar-refractivity contribution in [1.82, 2.24) is 14.8 Å². The molecule has 0 saturated heterocycles. The van der Waals surface area contributed by atoms with E-state index in [2.05, 4.69) is 20.8 Å². The summed E-state index contributed by atoms with van der Waals surface area (Å²) in [6.07, 6.45) is 1.57. The van der Waals surface area contributed by atoms with Crippen LogP contribution in [0, 0.1) is 0 Å². The second-order valence-electron chi connectivity index (χ2n) is 5.58. The number of nitrogens with one attached hydrogen (secondary N) is 2. The van der Waals surface area contributed by atoms with Gasteiger partial charge in [-0.05, 0) is 30.3 Å². The largest absolute Gasteiger partial charge is 0.325 e. The standard InChI is InChI=1S/C18H16ClN5O2S/c1-24-11-20-23-18(24)27-10-16(25)21-13-6-4-5-12(9-13)17(26)22-15-8-3-2-7-14(15)19/h2-9,11H,10H2,1H3,(H,21,25)(H,22,26). The van der Waals surface area contributed by atoms with Crippen molar-refractivity contribution in [3.05, 3.63) is 65.4 Å². The van der Waals surface area contributed by atoms with E-state index >= 15 is 0 Å². The Morgan fingerprint density at radius 1 is 1.15 bits per heavy atom. The number of halogens is 1. The van der Waals surface area contributed by atoms with Crippen LogP contribution >= 0.6 is 23.4 Å². The number of aryl methyl sites for hydroxylation is 1. The lowest BCUT2D eigenvalue weighted by Crippen LogP contribution is -2.16. The van der Waals surface area contributed by atoms with Crippen LogP contribution in [0.5, 0.6) is 0 Å². The number of benzene rings is 2. The minimum absolute atomic E-state index is 0.183. The molecular weight excluding hydrogens is 386 g/mol. The number of para-hydroxylation sites is 1. The first kappa shape index (κ1) is 18.9. The van der Waals surface area contributed by atoms with Gasteiger partial charge in [0.05, 0.1) is 16.5 Å². The molecule has 1 aromatic heterocycles. The molecule has 0 atom stereocenters. The summed E-state index contributed by atoms with van der Waals surface area (Å²) in [5.74, 6) is -0.331. The van der Waals surface area contributed by atoms with Crippen LogP contribution in [0.3, 0.4) is 0 Å². The van der Waals surface area contributed by atoms with Crippen LogP contribution in [-0.2, 0) is 11.8 Å². The molecule has 0 radical (unpaired) electrons. The van der Waals surface area contributed by atoms with E-state index in [1.807, 2.05) is 0 Å². The zero-order chi connectivity index (χ0) is 19.2. The molecule has 0 aliphatic carbocycles. The van der Waals surface area contributed by atoms with Gasteiger partial charge in [-0.2, -0.15) is 0 Å². The fourth-order valence-electron chi connectivity index (χ4n) is 2.23. The second kappa shape index (κ2) is 8.70. The van der Waals surface area contributed by atoms with E-state index in [1.54, 1.807) is 66.5 Å². The molecule has 0 fully saturated rings. The molecule has 9 heteroatoms. The Morgan fingerprint density at radius 3 is 2.70 bits per heavy atom. The fourth-order valence-corrected chi connectivity index (χ4v) is 3.10. The maximum atomic E-state index is 12.4. The van der Waals surface area contributed by atoms with Crippen molar-refractivity contribution in [3.8, 4) is 0 Å². The van der Waals surface area contributed by atoms with Crippen molar-refractivity contribution in [3.63, 3.8) is 0 Å². The van der Waals surface area contributed by atoms with Crippen LogP contribution in [0.1, 0.15) is 10.4 Å². The molecular formula is C18H16ClN5O2S. The Kier molecular flexibility index (Phi) is 6.10. The first-order chi connectivity index (χ1) is 13.0. The zero-order valence-corrected chi connectivity index (χ0v) is 15.9. The van der Waals surface area contributed by atoms with Crippen molar-refractivity contribution >= 4 is 46.6 Å². The topological polar surface area (TPSA) is 88.9 Å². The summed E-state index contributed by atoms with van der Waals surface area (Å²) in [5.41, 5.74) is 1.47. The normalized spacial score (nSPS) is 10.4. The van der Waals surface area contributed by atoms with Gasteiger partial charge in [-0.25, -0.2) is 0 Å². The van der Waals surface area contributed by atoms with E-state index < -0.39 is 0 Å². The van der Waals surface area contributed by atoms with Gasteiger partial charge in [-0.1, -0.05) is 41.6 Å². The molecule has 0 aliphatic rings. The molecule has 2 amide bonds. The van der Waals surface area contributed by atoms with Gasteiger partial charge >= 0.3 is 0 Å². The number of rotatable bonds is 6. The molecule has 1 heterocycles. The first-order valence-electron chi connectivity index (χ1n) is 7.95. The van der Waals surface area contributed by atoms with E-state index in [9.17, 15) is 9.59 Å². The smallest absolute Gasteiger partial charge is 0.255 e. The summed E-state index contributed by atoms with van der Waals surface area (Å²) in [5, 5.41) is 14.3. The van der Waals surface area contributed by atoms with Crippen LogP contribution < -0.4 is 10.6 Å². The van der Waals surface area contributed by atoms with Gasteiger partial charge in [0.25, 0.3) is 5.91 Å². The molecule has 3 rings (SSSR count). The van der Waals surface area contributed by atoms with Gasteiger partial charge in [0, 0.05) is 18.3 Å². The van der Waals surface area contributed by atoms with Gasteiger partial charge in [-0.15, -0.1) is 10.2 Å². The molecule has 0 spiro atoms. The average Bonchev–Trinajstić information content (AvgIpc) is 3.07. The number of aromatic nitrogens is 3. The number of nitrogens with zero attached hydrogens (tertiary/aromatic N) is 3. The van der Waals surface area contributed by atoms with Crippen LogP contribution in [0.2, 0.25) is 5.02 Å². The highest BCUT2D eigenvalue weighted by Gasteiger charge is 2.11. The zero-order valence-electron chi connectivity index (χ0n) is 14.3. The summed E-state index contributed by atoms with van der Waals surface area (Å²) in [6.45, 7) is 0. The number of carbonyl (C=O) groups excluding carboxylic acids is 2. The third-order valence-electron chi connectivity index (χ3n) is 3.53. The molecule has 2 N–H and O–H groups in total. The van der Waals surface area contributed by atoms with Gasteiger partial charge < -0.3 is 15.2 Å². The minimum atomic E-state index is -0.312. The van der Waals surface area contributed by atoms with Crippen LogP contribution in [0.4, 0.5) is 11.4 Å². The van der Waals surface area contributed by atoms with Crippen molar-refractivity contribution in [2.24, 2.45) is 7.05 Å². The maximum absolute atomic E-state index is 12.4. The fraction of sp³-hybridized carbons (Fsp3) is 0.111. The molecule has 27 heavy (non-hydrogen) atoms. The van der Waals surface area contributed by atoms with E-state index in [1.165, 1.54) is 11.8 Å². The predicted molar refractivity (Wildman–Crippen MR) is 106 cm³/mol. The van der Waals surface area contributed by atoms with Crippen LogP contribution in [-0.4, -0.2) is 32.3 Å². The summed E-state index contributed by atoms with van der Waals surface area (Å²) >= 11 is 7.34. The summed E-state index contributed by atoms with van der Waals surface area (Å²) in [6, 6.07) is 13.7. The molecule has 0 unspecified atom stereocenters. The first-order valence-corrected chi connectivity index (χ1v) is 9.32. The molecule has 3 aromatic rings. The molecule has 2 aromatic carbocycles. The van der Waals surface area contributed by atoms with Gasteiger partial charge in [0.1, 0.15) is 6.33 Å². The summed E-state index contributed by atoms with van der Waals surface area (Å²) in [4.78, 5) is 24.5. The third-order valence-corrected chi connectivity index (χ3v) is 4.90. The number of carbonyl (C=O) groups is 2. The van der Waals surface area contributed by atoms with E-state index in [0.29, 0.717) is 27.1 Å². The lowest BCUT2D eigenvalue weighted by molar-refractivity contribution is -0.113. The molecule has 138 valence electrons. The number of hydrogen-bond acceptors (Lipinski definition) is 5. The van der Waals surface area contributed by atoms with Crippen molar-refractivity contribution < 1.29 is 9.59 Å². The van der Waals surface area contributed by atoms with Crippen LogP contribution in [0.15, 0.2) is 60.0 Å². The number of anilines is 2. The molecule has 0 aliphatic heterocycles. The monoisotopic (exact) mass is 401 g/mol. The van der Waals surface area contributed by atoms with E-state index in [0.717, 1.165) is 0 Å². The van der Waals surface area contributed by atoms with Gasteiger partial charge in [-0.3, -0.25) is 9.59 Å². The highest BCUT2D eigenvalue weighted by Crippen LogP contribution is 2.22.